The molecule has 0 spiro atoms. The van der Waals surface area contributed by atoms with E-state index in [9.17, 15) is 4.79 Å². The van der Waals surface area contributed by atoms with Crippen molar-refractivity contribution in [2.75, 3.05) is 42.6 Å². The average Bonchev–Trinajstić information content (AvgIpc) is 2.84. The van der Waals surface area contributed by atoms with Crippen LogP contribution in [0.3, 0.4) is 0 Å². The molecule has 6 heteroatoms. The first-order valence-electron chi connectivity index (χ1n) is 8.22. The Hall–Kier alpha value is -1.30. The van der Waals surface area contributed by atoms with Gasteiger partial charge in [-0.25, -0.2) is 9.97 Å². The summed E-state index contributed by atoms with van der Waals surface area (Å²) >= 11 is 1.91. The second kappa shape index (κ2) is 7.31. The Labute approximate surface area is 136 Å². The predicted octanol–water partition coefficient (Wildman–Crippen LogP) is 2.35. The van der Waals surface area contributed by atoms with Gasteiger partial charge in [-0.15, -0.1) is 0 Å². The summed E-state index contributed by atoms with van der Waals surface area (Å²) in [6.07, 6.45) is 4.92. The number of nitrogens with zero attached hydrogens (tertiary/aromatic N) is 4. The Balaban J connectivity index is 1.80. The zero-order valence-electron chi connectivity index (χ0n) is 13.3. The van der Waals surface area contributed by atoms with Crippen LogP contribution in [-0.4, -0.2) is 58.5 Å². The number of aromatic nitrogens is 2. The number of carbonyl (C=O) groups is 1. The van der Waals surface area contributed by atoms with E-state index in [2.05, 4.69) is 14.9 Å². The summed E-state index contributed by atoms with van der Waals surface area (Å²) in [6, 6.07) is 1.82. The summed E-state index contributed by atoms with van der Waals surface area (Å²) < 4.78 is 0. The number of rotatable bonds is 2. The minimum atomic E-state index is 0.0573. The molecule has 120 valence electrons. The zero-order chi connectivity index (χ0) is 15.4. The molecule has 22 heavy (non-hydrogen) atoms. The minimum Gasteiger partial charge on any atom is -0.341 e. The van der Waals surface area contributed by atoms with E-state index in [0.717, 1.165) is 49.3 Å². The highest BCUT2D eigenvalue weighted by Gasteiger charge is 2.22. The van der Waals surface area contributed by atoms with Gasteiger partial charge in [-0.2, -0.15) is 11.8 Å². The van der Waals surface area contributed by atoms with Gasteiger partial charge in [0.25, 0.3) is 5.91 Å². The lowest BCUT2D eigenvalue weighted by Crippen LogP contribution is -2.38. The lowest BCUT2D eigenvalue weighted by molar-refractivity contribution is 0.0766. The molecule has 0 saturated carbocycles. The third kappa shape index (κ3) is 3.72. The number of amides is 1. The molecule has 2 saturated heterocycles. The molecule has 0 N–H and O–H groups in total. The quantitative estimate of drug-likeness (QED) is 0.837. The van der Waals surface area contributed by atoms with E-state index in [-0.39, 0.29) is 5.91 Å². The summed E-state index contributed by atoms with van der Waals surface area (Å²) in [5, 5.41) is 0. The van der Waals surface area contributed by atoms with Crippen molar-refractivity contribution in [2.24, 2.45) is 0 Å². The van der Waals surface area contributed by atoms with Crippen molar-refractivity contribution in [1.29, 1.82) is 0 Å². The van der Waals surface area contributed by atoms with Gasteiger partial charge < -0.3 is 9.80 Å². The second-order valence-electron chi connectivity index (χ2n) is 6.00. The molecule has 0 unspecified atom stereocenters. The minimum absolute atomic E-state index is 0.0573. The van der Waals surface area contributed by atoms with Crippen LogP contribution in [0.15, 0.2) is 6.07 Å². The fraction of sp³-hybridized carbons (Fsp3) is 0.688. The highest BCUT2D eigenvalue weighted by atomic mass is 32.2. The van der Waals surface area contributed by atoms with Gasteiger partial charge in [-0.3, -0.25) is 4.79 Å². The van der Waals surface area contributed by atoms with Crippen LogP contribution in [-0.2, 0) is 0 Å². The normalized spacial score (nSPS) is 19.9. The van der Waals surface area contributed by atoms with Gasteiger partial charge in [0, 0.05) is 43.4 Å². The molecule has 0 bridgehead atoms. The van der Waals surface area contributed by atoms with Crippen molar-refractivity contribution < 1.29 is 4.79 Å². The molecule has 1 aromatic heterocycles. The number of hydrogen-bond acceptors (Lipinski definition) is 5. The third-order valence-corrected chi connectivity index (χ3v) is 5.19. The number of hydrogen-bond donors (Lipinski definition) is 0. The summed E-state index contributed by atoms with van der Waals surface area (Å²) in [7, 11) is 0. The molecule has 0 aliphatic carbocycles. The van der Waals surface area contributed by atoms with Gasteiger partial charge in [0.2, 0.25) is 5.95 Å². The molecule has 0 atom stereocenters. The number of anilines is 1. The zero-order valence-corrected chi connectivity index (χ0v) is 14.1. The van der Waals surface area contributed by atoms with E-state index in [1.165, 1.54) is 25.7 Å². The molecular weight excluding hydrogens is 296 g/mol. The Morgan fingerprint density at radius 2 is 1.73 bits per heavy atom. The lowest BCUT2D eigenvalue weighted by atomic mass is 10.2. The molecule has 2 aliphatic rings. The molecule has 1 aromatic rings. The number of thioether (sulfide) groups is 1. The second-order valence-corrected chi connectivity index (χ2v) is 7.23. The molecule has 0 radical (unpaired) electrons. The van der Waals surface area contributed by atoms with Crippen LogP contribution in [0, 0.1) is 6.92 Å². The van der Waals surface area contributed by atoms with Crippen LogP contribution in [0.25, 0.3) is 0 Å². The largest absolute Gasteiger partial charge is 0.341 e. The maximum Gasteiger partial charge on any atom is 0.272 e. The highest BCUT2D eigenvalue weighted by molar-refractivity contribution is 7.99. The smallest absolute Gasteiger partial charge is 0.272 e. The average molecular weight is 320 g/mol. The number of carbonyl (C=O) groups excluding carboxylic acids is 1. The predicted molar refractivity (Wildman–Crippen MR) is 90.7 cm³/mol. The standard InChI is InChI=1S/C16H24N4OS/c1-13-12-14(15(21)19-8-10-22-11-9-19)18-16(17-13)20-6-4-2-3-5-7-20/h12H,2-11H2,1H3. The Kier molecular flexibility index (Phi) is 5.18. The van der Waals surface area contributed by atoms with Crippen molar-refractivity contribution in [3.8, 4) is 0 Å². The van der Waals surface area contributed by atoms with Crippen molar-refractivity contribution in [2.45, 2.75) is 32.6 Å². The molecule has 1 amide bonds. The third-order valence-electron chi connectivity index (χ3n) is 4.25. The molecule has 2 fully saturated rings. The SMILES string of the molecule is Cc1cc(C(=O)N2CCSCC2)nc(N2CCCCCC2)n1. The van der Waals surface area contributed by atoms with Crippen LogP contribution in [0.1, 0.15) is 41.9 Å². The van der Waals surface area contributed by atoms with E-state index >= 15 is 0 Å². The first kappa shape index (κ1) is 15.6. The van der Waals surface area contributed by atoms with Gasteiger partial charge in [-0.05, 0) is 25.8 Å². The fourth-order valence-electron chi connectivity index (χ4n) is 3.00. The van der Waals surface area contributed by atoms with E-state index in [4.69, 9.17) is 0 Å². The summed E-state index contributed by atoms with van der Waals surface area (Å²) in [6.45, 7) is 5.60. The Bertz CT molecular complexity index is 523. The first-order valence-corrected chi connectivity index (χ1v) is 9.37. The Morgan fingerprint density at radius 1 is 1.05 bits per heavy atom. The summed E-state index contributed by atoms with van der Waals surface area (Å²) in [5.41, 5.74) is 1.43. The fourth-order valence-corrected chi connectivity index (χ4v) is 3.91. The summed E-state index contributed by atoms with van der Waals surface area (Å²) in [4.78, 5) is 26.0. The van der Waals surface area contributed by atoms with Gasteiger partial charge >= 0.3 is 0 Å². The van der Waals surface area contributed by atoms with Gasteiger partial charge in [0.15, 0.2) is 0 Å². The van der Waals surface area contributed by atoms with E-state index in [1.807, 2.05) is 29.7 Å². The van der Waals surface area contributed by atoms with E-state index in [1.54, 1.807) is 0 Å². The van der Waals surface area contributed by atoms with Crippen molar-refractivity contribution in [1.82, 2.24) is 14.9 Å². The molecule has 5 nitrogen and oxygen atoms in total. The molecule has 0 aromatic carbocycles. The monoisotopic (exact) mass is 320 g/mol. The molecular formula is C16H24N4OS. The van der Waals surface area contributed by atoms with Crippen LogP contribution in [0.2, 0.25) is 0 Å². The van der Waals surface area contributed by atoms with Crippen molar-refractivity contribution in [3.63, 3.8) is 0 Å². The maximum absolute atomic E-state index is 12.7. The lowest BCUT2D eigenvalue weighted by Gasteiger charge is -2.27. The van der Waals surface area contributed by atoms with Gasteiger partial charge in [0.05, 0.1) is 0 Å². The van der Waals surface area contributed by atoms with E-state index in [0.29, 0.717) is 5.69 Å². The first-order chi connectivity index (χ1) is 10.7. The molecule has 3 rings (SSSR count). The molecule has 2 aliphatic heterocycles. The van der Waals surface area contributed by atoms with Crippen LogP contribution < -0.4 is 4.90 Å². The van der Waals surface area contributed by atoms with Crippen LogP contribution in [0.4, 0.5) is 5.95 Å². The highest BCUT2D eigenvalue weighted by Crippen LogP contribution is 2.18. The number of aryl methyl sites for hydroxylation is 1. The summed E-state index contributed by atoms with van der Waals surface area (Å²) in [5.74, 6) is 2.84. The topological polar surface area (TPSA) is 49.3 Å². The van der Waals surface area contributed by atoms with Crippen molar-refractivity contribution in [3.05, 3.63) is 17.5 Å². The van der Waals surface area contributed by atoms with Crippen LogP contribution in [0.5, 0.6) is 0 Å². The van der Waals surface area contributed by atoms with E-state index < -0.39 is 0 Å². The van der Waals surface area contributed by atoms with Crippen LogP contribution >= 0.6 is 11.8 Å². The van der Waals surface area contributed by atoms with Crippen molar-refractivity contribution >= 4 is 23.6 Å². The van der Waals surface area contributed by atoms with Gasteiger partial charge in [-0.1, -0.05) is 12.8 Å². The maximum atomic E-state index is 12.7. The molecule has 3 heterocycles. The van der Waals surface area contributed by atoms with Gasteiger partial charge in [0.1, 0.15) is 5.69 Å². The Morgan fingerprint density at radius 3 is 2.41 bits per heavy atom.